The van der Waals surface area contributed by atoms with Gasteiger partial charge in [-0.05, 0) is 44.9 Å². The van der Waals surface area contributed by atoms with Crippen molar-refractivity contribution in [3.8, 4) is 0 Å². The summed E-state index contributed by atoms with van der Waals surface area (Å²) in [4.78, 5) is 13.4. The molecule has 0 aliphatic heterocycles. The molecule has 0 aromatic rings. The van der Waals surface area contributed by atoms with E-state index in [0.29, 0.717) is 12.5 Å². The van der Waals surface area contributed by atoms with E-state index in [1.165, 1.54) is 25.7 Å². The van der Waals surface area contributed by atoms with E-state index in [4.69, 9.17) is 10.8 Å². The van der Waals surface area contributed by atoms with Crippen molar-refractivity contribution in [1.29, 1.82) is 0 Å². The summed E-state index contributed by atoms with van der Waals surface area (Å²) in [5.41, 5.74) is 4.68. The lowest BCUT2D eigenvalue weighted by atomic mass is 9.99. The first kappa shape index (κ1) is 11.9. The number of carboxylic acids is 1. The van der Waals surface area contributed by atoms with Crippen molar-refractivity contribution in [3.05, 3.63) is 0 Å². The molecule has 2 rings (SSSR count). The lowest BCUT2D eigenvalue weighted by Crippen LogP contribution is -2.47. The first-order chi connectivity index (χ1) is 7.49. The van der Waals surface area contributed by atoms with Gasteiger partial charge in [-0.1, -0.05) is 0 Å². The number of hydrogen-bond acceptors (Lipinski definition) is 3. The van der Waals surface area contributed by atoms with Crippen molar-refractivity contribution in [2.24, 2.45) is 11.7 Å². The monoisotopic (exact) mass is 226 g/mol. The zero-order valence-electron chi connectivity index (χ0n) is 9.98. The van der Waals surface area contributed by atoms with Crippen molar-refractivity contribution in [2.75, 3.05) is 13.1 Å². The third kappa shape index (κ3) is 3.19. The summed E-state index contributed by atoms with van der Waals surface area (Å²) < 4.78 is 0. The predicted molar refractivity (Wildman–Crippen MR) is 62.2 cm³/mol. The Kier molecular flexibility index (Phi) is 3.22. The summed E-state index contributed by atoms with van der Waals surface area (Å²) >= 11 is 0. The zero-order valence-corrected chi connectivity index (χ0v) is 9.98. The van der Waals surface area contributed by atoms with Crippen LogP contribution in [0.25, 0.3) is 0 Å². The molecule has 0 aromatic heterocycles. The van der Waals surface area contributed by atoms with Crippen LogP contribution in [-0.2, 0) is 4.79 Å². The first-order valence-electron chi connectivity index (χ1n) is 6.25. The molecule has 3 N–H and O–H groups in total. The van der Waals surface area contributed by atoms with Crippen LogP contribution in [0, 0.1) is 5.92 Å². The maximum Gasteiger partial charge on any atom is 0.323 e. The highest BCUT2D eigenvalue weighted by Crippen LogP contribution is 2.35. The molecule has 0 aromatic carbocycles. The van der Waals surface area contributed by atoms with Crippen LogP contribution in [0.1, 0.15) is 39.0 Å². The van der Waals surface area contributed by atoms with E-state index in [0.717, 1.165) is 19.0 Å². The maximum atomic E-state index is 10.9. The Morgan fingerprint density at radius 3 is 2.50 bits per heavy atom. The molecule has 2 aliphatic rings. The molecule has 2 fully saturated rings. The summed E-state index contributed by atoms with van der Waals surface area (Å²) in [6.07, 6.45) is 5.80. The van der Waals surface area contributed by atoms with Crippen LogP contribution in [0.4, 0.5) is 0 Å². The zero-order chi connectivity index (χ0) is 11.8. The second kappa shape index (κ2) is 4.34. The van der Waals surface area contributed by atoms with Gasteiger partial charge in [-0.25, -0.2) is 0 Å². The van der Waals surface area contributed by atoms with Gasteiger partial charge in [-0.2, -0.15) is 0 Å². The van der Waals surface area contributed by atoms with E-state index < -0.39 is 11.5 Å². The van der Waals surface area contributed by atoms with Crippen LogP contribution in [0.15, 0.2) is 0 Å². The van der Waals surface area contributed by atoms with Crippen molar-refractivity contribution >= 4 is 5.97 Å². The molecule has 4 heteroatoms. The Balaban J connectivity index is 1.78. The van der Waals surface area contributed by atoms with Crippen LogP contribution in [0.3, 0.4) is 0 Å². The van der Waals surface area contributed by atoms with E-state index in [9.17, 15) is 4.79 Å². The topological polar surface area (TPSA) is 66.6 Å². The van der Waals surface area contributed by atoms with Crippen molar-refractivity contribution in [1.82, 2.24) is 4.90 Å². The van der Waals surface area contributed by atoms with E-state index in [-0.39, 0.29) is 0 Å². The average Bonchev–Trinajstić information content (AvgIpc) is 3.02. The summed E-state index contributed by atoms with van der Waals surface area (Å²) in [5.74, 6) is -0.0240. The van der Waals surface area contributed by atoms with Gasteiger partial charge in [0.15, 0.2) is 0 Å². The largest absolute Gasteiger partial charge is 0.480 e. The number of carbonyl (C=O) groups is 1. The van der Waals surface area contributed by atoms with Crippen molar-refractivity contribution in [2.45, 2.75) is 50.6 Å². The minimum absolute atomic E-state index is 0.547. The van der Waals surface area contributed by atoms with Gasteiger partial charge < -0.3 is 15.7 Å². The van der Waals surface area contributed by atoms with Gasteiger partial charge in [-0.3, -0.25) is 4.79 Å². The molecular weight excluding hydrogens is 204 g/mol. The minimum atomic E-state index is -1.07. The highest BCUT2D eigenvalue weighted by atomic mass is 16.4. The average molecular weight is 226 g/mol. The SMILES string of the molecule is CC(N)(CCN(CC1CC1)C1CC1)C(=O)O. The normalized spacial score (nSPS) is 24.4. The van der Waals surface area contributed by atoms with Gasteiger partial charge in [0.25, 0.3) is 0 Å². The molecule has 0 heterocycles. The lowest BCUT2D eigenvalue weighted by molar-refractivity contribution is -0.143. The summed E-state index contributed by atoms with van der Waals surface area (Å²) in [6, 6.07) is 0.713. The fourth-order valence-electron chi connectivity index (χ4n) is 1.98. The molecule has 0 bridgehead atoms. The Morgan fingerprint density at radius 1 is 1.44 bits per heavy atom. The highest BCUT2D eigenvalue weighted by Gasteiger charge is 2.35. The van der Waals surface area contributed by atoms with Crippen LogP contribution in [-0.4, -0.2) is 40.6 Å². The predicted octanol–water partition coefficient (Wildman–Crippen LogP) is 1.05. The van der Waals surface area contributed by atoms with Crippen LogP contribution >= 0.6 is 0 Å². The quantitative estimate of drug-likeness (QED) is 0.681. The number of nitrogens with two attached hydrogens (primary N) is 1. The van der Waals surface area contributed by atoms with Gasteiger partial charge in [0.05, 0.1) is 0 Å². The van der Waals surface area contributed by atoms with Gasteiger partial charge >= 0.3 is 5.97 Å². The lowest BCUT2D eigenvalue weighted by Gasteiger charge is -2.26. The molecule has 1 unspecified atom stereocenters. The minimum Gasteiger partial charge on any atom is -0.480 e. The summed E-state index contributed by atoms with van der Waals surface area (Å²) in [6.45, 7) is 3.60. The molecule has 2 saturated carbocycles. The molecule has 4 nitrogen and oxygen atoms in total. The van der Waals surface area contributed by atoms with Gasteiger partial charge in [0.1, 0.15) is 5.54 Å². The summed E-state index contributed by atoms with van der Waals surface area (Å²) in [5, 5.41) is 8.96. The molecule has 16 heavy (non-hydrogen) atoms. The van der Waals surface area contributed by atoms with Crippen molar-refractivity contribution < 1.29 is 9.90 Å². The molecule has 0 radical (unpaired) electrons. The van der Waals surface area contributed by atoms with E-state index in [2.05, 4.69) is 4.90 Å². The number of nitrogens with zero attached hydrogens (tertiary/aromatic N) is 1. The van der Waals surface area contributed by atoms with Crippen LogP contribution in [0.5, 0.6) is 0 Å². The Morgan fingerprint density at radius 2 is 2.06 bits per heavy atom. The van der Waals surface area contributed by atoms with Crippen LogP contribution < -0.4 is 5.73 Å². The fraction of sp³-hybridized carbons (Fsp3) is 0.917. The number of rotatable bonds is 7. The standard InChI is InChI=1S/C12H22N2O2/c1-12(13,11(15)16)6-7-14(10-4-5-10)8-9-2-3-9/h9-10H,2-8,13H2,1H3,(H,15,16). The third-order valence-electron chi connectivity index (χ3n) is 3.66. The number of aliphatic carboxylic acids is 1. The van der Waals surface area contributed by atoms with E-state index >= 15 is 0 Å². The molecule has 0 saturated heterocycles. The molecule has 0 spiro atoms. The number of hydrogen-bond donors (Lipinski definition) is 2. The number of carboxylic acid groups (broad SMARTS) is 1. The van der Waals surface area contributed by atoms with E-state index in [1.54, 1.807) is 6.92 Å². The Bertz CT molecular complexity index is 270. The Hall–Kier alpha value is -0.610. The second-order valence-electron chi connectivity index (χ2n) is 5.64. The van der Waals surface area contributed by atoms with Crippen LogP contribution in [0.2, 0.25) is 0 Å². The third-order valence-corrected chi connectivity index (χ3v) is 3.66. The van der Waals surface area contributed by atoms with Crippen molar-refractivity contribution in [3.63, 3.8) is 0 Å². The van der Waals surface area contributed by atoms with Gasteiger partial charge in [0, 0.05) is 19.1 Å². The second-order valence-corrected chi connectivity index (χ2v) is 5.64. The molecule has 2 aliphatic carbocycles. The molecule has 92 valence electrons. The maximum absolute atomic E-state index is 10.9. The first-order valence-corrected chi connectivity index (χ1v) is 6.25. The fourth-order valence-corrected chi connectivity index (χ4v) is 1.98. The van der Waals surface area contributed by atoms with Gasteiger partial charge in [0.2, 0.25) is 0 Å². The smallest absolute Gasteiger partial charge is 0.323 e. The highest BCUT2D eigenvalue weighted by molar-refractivity contribution is 5.77. The molecule has 1 atom stereocenters. The van der Waals surface area contributed by atoms with Gasteiger partial charge in [-0.15, -0.1) is 0 Å². The molecular formula is C12H22N2O2. The Labute approximate surface area is 96.8 Å². The molecule has 0 amide bonds. The van der Waals surface area contributed by atoms with E-state index in [1.807, 2.05) is 0 Å². The summed E-state index contributed by atoms with van der Waals surface area (Å²) in [7, 11) is 0.